The van der Waals surface area contributed by atoms with E-state index in [4.69, 9.17) is 10.9 Å². The van der Waals surface area contributed by atoms with Crippen LogP contribution in [0.1, 0.15) is 44.4 Å². The van der Waals surface area contributed by atoms with Gasteiger partial charge in [-0.05, 0) is 48.8 Å². The number of oxime groups is 1. The average Bonchev–Trinajstić information content (AvgIpc) is 2.48. The summed E-state index contributed by atoms with van der Waals surface area (Å²) in [6, 6.07) is 4.40. The summed E-state index contributed by atoms with van der Waals surface area (Å²) in [6.07, 6.45) is 5.46. The first-order chi connectivity index (χ1) is 9.60. The molecule has 3 atom stereocenters. The van der Waals surface area contributed by atoms with Crippen LogP contribution in [0.4, 0.5) is 0 Å². The van der Waals surface area contributed by atoms with E-state index in [1.54, 1.807) is 6.20 Å². The van der Waals surface area contributed by atoms with Gasteiger partial charge in [-0.15, -0.1) is 0 Å². The Kier molecular flexibility index (Phi) is 4.95. The molecule has 0 amide bonds. The molecule has 0 bridgehead atoms. The van der Waals surface area contributed by atoms with Crippen LogP contribution in [0, 0.1) is 11.8 Å². The molecule has 1 aromatic rings. The third-order valence-corrected chi connectivity index (χ3v) is 4.39. The maximum atomic E-state index is 8.67. The van der Waals surface area contributed by atoms with Gasteiger partial charge in [0.15, 0.2) is 5.84 Å². The first-order valence-electron chi connectivity index (χ1n) is 7.26. The van der Waals surface area contributed by atoms with Crippen molar-refractivity contribution in [2.24, 2.45) is 22.7 Å². The number of hydrogen-bond donors (Lipinski definition) is 3. The van der Waals surface area contributed by atoms with Crippen LogP contribution >= 0.6 is 0 Å². The highest BCUT2D eigenvalue weighted by Gasteiger charge is 2.23. The van der Waals surface area contributed by atoms with E-state index in [1.807, 2.05) is 12.1 Å². The van der Waals surface area contributed by atoms with Crippen LogP contribution in [0.25, 0.3) is 0 Å². The molecule has 0 aliphatic heterocycles. The van der Waals surface area contributed by atoms with Crippen LogP contribution in [0.15, 0.2) is 23.5 Å². The normalized spacial score (nSPS) is 27.5. The van der Waals surface area contributed by atoms with Crippen molar-refractivity contribution in [3.63, 3.8) is 0 Å². The van der Waals surface area contributed by atoms with Gasteiger partial charge in [-0.3, -0.25) is 4.98 Å². The molecule has 1 aromatic heterocycles. The molecule has 1 saturated carbocycles. The summed E-state index contributed by atoms with van der Waals surface area (Å²) in [6.45, 7) is 5.47. The molecule has 5 heteroatoms. The van der Waals surface area contributed by atoms with E-state index >= 15 is 0 Å². The second kappa shape index (κ2) is 6.70. The number of rotatable bonds is 4. The summed E-state index contributed by atoms with van der Waals surface area (Å²) in [4.78, 5) is 4.08. The van der Waals surface area contributed by atoms with Gasteiger partial charge in [0, 0.05) is 18.8 Å². The van der Waals surface area contributed by atoms with E-state index in [0.29, 0.717) is 11.7 Å². The van der Waals surface area contributed by atoms with Crippen molar-refractivity contribution in [1.82, 2.24) is 10.3 Å². The predicted molar refractivity (Wildman–Crippen MR) is 79.6 cm³/mol. The minimum Gasteiger partial charge on any atom is -0.409 e. The van der Waals surface area contributed by atoms with Gasteiger partial charge in [-0.25, -0.2) is 0 Å². The summed E-state index contributed by atoms with van der Waals surface area (Å²) in [5.74, 6) is 1.67. The number of hydrogen-bond acceptors (Lipinski definition) is 4. The maximum Gasteiger partial charge on any atom is 0.188 e. The zero-order valence-corrected chi connectivity index (χ0v) is 12.2. The van der Waals surface area contributed by atoms with Gasteiger partial charge in [0.25, 0.3) is 0 Å². The molecule has 20 heavy (non-hydrogen) atoms. The number of nitrogens with zero attached hydrogens (tertiary/aromatic N) is 2. The van der Waals surface area contributed by atoms with Crippen LogP contribution in [0.2, 0.25) is 0 Å². The number of pyridine rings is 1. The van der Waals surface area contributed by atoms with E-state index in [9.17, 15) is 0 Å². The van der Waals surface area contributed by atoms with E-state index in [-0.39, 0.29) is 5.84 Å². The molecule has 0 spiro atoms. The largest absolute Gasteiger partial charge is 0.409 e. The summed E-state index contributed by atoms with van der Waals surface area (Å²) in [7, 11) is 0. The van der Waals surface area contributed by atoms with Crippen molar-refractivity contribution < 1.29 is 5.21 Å². The Labute approximate surface area is 120 Å². The number of aromatic nitrogens is 1. The molecule has 4 N–H and O–H groups in total. The molecule has 0 saturated heterocycles. The smallest absolute Gasteiger partial charge is 0.188 e. The highest BCUT2D eigenvalue weighted by Crippen LogP contribution is 2.29. The Bertz CT molecular complexity index is 475. The Morgan fingerprint density at radius 3 is 2.95 bits per heavy atom. The van der Waals surface area contributed by atoms with Gasteiger partial charge in [0.2, 0.25) is 0 Å². The third-order valence-electron chi connectivity index (χ3n) is 4.39. The monoisotopic (exact) mass is 276 g/mol. The molecule has 1 heterocycles. The van der Waals surface area contributed by atoms with Crippen molar-refractivity contribution in [3.8, 4) is 0 Å². The van der Waals surface area contributed by atoms with E-state index in [0.717, 1.165) is 23.9 Å². The van der Waals surface area contributed by atoms with Gasteiger partial charge in [-0.1, -0.05) is 19.0 Å². The van der Waals surface area contributed by atoms with Crippen molar-refractivity contribution >= 4 is 5.84 Å². The minimum atomic E-state index is 0.0481. The van der Waals surface area contributed by atoms with Gasteiger partial charge in [0.1, 0.15) is 5.69 Å². The lowest BCUT2D eigenvalue weighted by atomic mass is 9.79. The molecule has 0 aromatic carbocycles. The Morgan fingerprint density at radius 2 is 2.25 bits per heavy atom. The lowest BCUT2D eigenvalue weighted by Gasteiger charge is -2.32. The van der Waals surface area contributed by atoms with Crippen molar-refractivity contribution in [3.05, 3.63) is 29.6 Å². The summed E-state index contributed by atoms with van der Waals surface area (Å²) in [5, 5.41) is 15.3. The van der Waals surface area contributed by atoms with Crippen molar-refractivity contribution in [2.75, 3.05) is 0 Å². The Morgan fingerprint density at radius 1 is 1.45 bits per heavy atom. The fourth-order valence-electron chi connectivity index (χ4n) is 2.77. The average molecular weight is 276 g/mol. The molecule has 0 radical (unpaired) electrons. The van der Waals surface area contributed by atoms with Gasteiger partial charge >= 0.3 is 0 Å². The summed E-state index contributed by atoms with van der Waals surface area (Å²) < 4.78 is 0. The molecular weight excluding hydrogens is 252 g/mol. The number of nitrogens with two attached hydrogens (primary N) is 1. The molecule has 1 aliphatic rings. The maximum absolute atomic E-state index is 8.67. The molecule has 5 nitrogen and oxygen atoms in total. The first-order valence-corrected chi connectivity index (χ1v) is 7.26. The van der Waals surface area contributed by atoms with E-state index in [2.05, 4.69) is 29.3 Å². The fraction of sp³-hybridized carbons (Fsp3) is 0.600. The van der Waals surface area contributed by atoms with Crippen molar-refractivity contribution in [2.45, 2.75) is 45.7 Å². The Balaban J connectivity index is 1.91. The van der Waals surface area contributed by atoms with E-state index < -0.39 is 0 Å². The summed E-state index contributed by atoms with van der Waals surface area (Å²) in [5.41, 5.74) is 7.17. The standard InChI is InChI=1S/C15H24N4O/c1-10-3-4-13(7-11(10)2)18-9-12-5-6-17-14(8-12)15(16)19-20/h5-6,8,10-11,13,18,20H,3-4,7,9H2,1-2H3,(H2,16,19). The van der Waals surface area contributed by atoms with E-state index in [1.165, 1.54) is 19.3 Å². The van der Waals surface area contributed by atoms with Gasteiger partial charge in [-0.2, -0.15) is 0 Å². The number of amidine groups is 1. The second-order valence-corrected chi connectivity index (χ2v) is 5.88. The predicted octanol–water partition coefficient (Wildman–Crippen LogP) is 2.09. The first kappa shape index (κ1) is 14.8. The SMILES string of the molecule is CC1CCC(NCc2ccnc(C(N)=NO)c2)CC1C. The van der Waals surface area contributed by atoms with Crippen LogP contribution in [-0.4, -0.2) is 22.1 Å². The molecule has 110 valence electrons. The topological polar surface area (TPSA) is 83.5 Å². The van der Waals surface area contributed by atoms with Gasteiger partial charge < -0.3 is 16.3 Å². The lowest BCUT2D eigenvalue weighted by molar-refractivity contribution is 0.225. The van der Waals surface area contributed by atoms with Crippen LogP contribution in [0.3, 0.4) is 0 Å². The van der Waals surface area contributed by atoms with Crippen LogP contribution < -0.4 is 11.1 Å². The minimum absolute atomic E-state index is 0.0481. The highest BCUT2D eigenvalue weighted by molar-refractivity contribution is 5.95. The summed E-state index contributed by atoms with van der Waals surface area (Å²) >= 11 is 0. The molecule has 1 fully saturated rings. The Hall–Kier alpha value is -1.62. The van der Waals surface area contributed by atoms with Crippen molar-refractivity contribution in [1.29, 1.82) is 0 Å². The quantitative estimate of drug-likeness (QED) is 0.340. The molecular formula is C15H24N4O. The second-order valence-electron chi connectivity index (χ2n) is 5.88. The zero-order valence-electron chi connectivity index (χ0n) is 12.2. The fourth-order valence-corrected chi connectivity index (χ4v) is 2.77. The highest BCUT2D eigenvalue weighted by atomic mass is 16.4. The lowest BCUT2D eigenvalue weighted by Crippen LogP contribution is -2.35. The van der Waals surface area contributed by atoms with Crippen LogP contribution in [0.5, 0.6) is 0 Å². The zero-order chi connectivity index (χ0) is 14.5. The number of nitrogens with one attached hydrogen (secondary N) is 1. The molecule has 2 rings (SSSR count). The molecule has 1 aliphatic carbocycles. The third kappa shape index (κ3) is 3.70. The van der Waals surface area contributed by atoms with Gasteiger partial charge in [0.05, 0.1) is 0 Å². The molecule has 3 unspecified atom stereocenters. The van der Waals surface area contributed by atoms with Crippen LogP contribution in [-0.2, 0) is 6.54 Å².